The summed E-state index contributed by atoms with van der Waals surface area (Å²) in [5.41, 5.74) is 1.35. The normalized spacial score (nSPS) is 12.4. The van der Waals surface area contributed by atoms with Crippen LogP contribution in [-0.4, -0.2) is 19.7 Å². The molecule has 102 valence electrons. The van der Waals surface area contributed by atoms with Crippen molar-refractivity contribution in [3.8, 4) is 5.75 Å². The van der Waals surface area contributed by atoms with Crippen LogP contribution in [0, 0.1) is 0 Å². The molecule has 0 aliphatic heterocycles. The molecule has 0 aliphatic carbocycles. The fourth-order valence-electron chi connectivity index (χ4n) is 2.09. The van der Waals surface area contributed by atoms with Gasteiger partial charge in [0.15, 0.2) is 0 Å². The maximum Gasteiger partial charge on any atom is 0.133 e. The van der Waals surface area contributed by atoms with Gasteiger partial charge in [-0.3, -0.25) is 0 Å². The van der Waals surface area contributed by atoms with E-state index in [4.69, 9.17) is 4.74 Å². The summed E-state index contributed by atoms with van der Waals surface area (Å²) in [6.07, 6.45) is 4.71. The molecule has 0 aromatic heterocycles. The molecule has 0 radical (unpaired) electrons. The molecule has 1 aromatic carbocycles. The summed E-state index contributed by atoms with van der Waals surface area (Å²) in [6.45, 7) is 5.55. The molecule has 0 bridgehead atoms. The molecular weight excluding hydrogens is 290 g/mol. The summed E-state index contributed by atoms with van der Waals surface area (Å²) < 4.78 is 6.29. The minimum atomic E-state index is 0.579. The van der Waals surface area contributed by atoms with Gasteiger partial charge in [0.25, 0.3) is 0 Å². The number of halogens is 1. The lowest BCUT2D eigenvalue weighted by Crippen LogP contribution is -2.31. The number of nitrogens with one attached hydrogen (secondary N) is 1. The van der Waals surface area contributed by atoms with Crippen LogP contribution < -0.4 is 10.1 Å². The van der Waals surface area contributed by atoms with Gasteiger partial charge in [-0.2, -0.15) is 0 Å². The smallest absolute Gasteiger partial charge is 0.133 e. The second-order valence-electron chi connectivity index (χ2n) is 4.61. The average molecular weight is 314 g/mol. The zero-order valence-corrected chi connectivity index (χ0v) is 13.2. The molecule has 3 heteroatoms. The fraction of sp³-hybridized carbons (Fsp3) is 0.600. The minimum Gasteiger partial charge on any atom is -0.496 e. The largest absolute Gasteiger partial charge is 0.496 e. The molecule has 1 rings (SSSR count). The molecule has 18 heavy (non-hydrogen) atoms. The number of ether oxygens (including phenoxy) is 1. The first kappa shape index (κ1) is 15.5. The van der Waals surface area contributed by atoms with Crippen LogP contribution in [0.5, 0.6) is 5.75 Å². The summed E-state index contributed by atoms with van der Waals surface area (Å²) >= 11 is 3.54. The maximum atomic E-state index is 5.25. The van der Waals surface area contributed by atoms with Crippen molar-refractivity contribution in [1.82, 2.24) is 5.32 Å². The first-order chi connectivity index (χ1) is 8.71. The molecule has 0 saturated heterocycles. The molecule has 0 heterocycles. The van der Waals surface area contributed by atoms with Crippen molar-refractivity contribution in [2.45, 2.75) is 45.6 Å². The van der Waals surface area contributed by atoms with E-state index in [1.165, 1.54) is 24.8 Å². The third-order valence-corrected chi connectivity index (χ3v) is 3.64. The molecule has 0 amide bonds. The highest BCUT2D eigenvalue weighted by Crippen LogP contribution is 2.26. The Morgan fingerprint density at radius 2 is 2.06 bits per heavy atom. The fourth-order valence-corrected chi connectivity index (χ4v) is 2.68. The SMILES string of the molecule is CCCNC(CCC)Cc1ccc(OC)c(Br)c1. The third-order valence-electron chi connectivity index (χ3n) is 3.02. The first-order valence-corrected chi connectivity index (χ1v) is 7.56. The van der Waals surface area contributed by atoms with Gasteiger partial charge in [0, 0.05) is 6.04 Å². The molecule has 1 N–H and O–H groups in total. The van der Waals surface area contributed by atoms with Gasteiger partial charge >= 0.3 is 0 Å². The van der Waals surface area contributed by atoms with Crippen LogP contribution in [0.25, 0.3) is 0 Å². The van der Waals surface area contributed by atoms with Crippen molar-refractivity contribution in [3.05, 3.63) is 28.2 Å². The van der Waals surface area contributed by atoms with E-state index in [0.29, 0.717) is 6.04 Å². The molecule has 1 unspecified atom stereocenters. The van der Waals surface area contributed by atoms with Gasteiger partial charge < -0.3 is 10.1 Å². The lowest BCUT2D eigenvalue weighted by molar-refractivity contribution is 0.411. The highest BCUT2D eigenvalue weighted by Gasteiger charge is 2.09. The second-order valence-corrected chi connectivity index (χ2v) is 5.47. The number of hydrogen-bond donors (Lipinski definition) is 1. The molecule has 0 spiro atoms. The Morgan fingerprint density at radius 3 is 2.61 bits per heavy atom. The molecule has 1 atom stereocenters. The van der Waals surface area contributed by atoms with Gasteiger partial charge in [-0.1, -0.05) is 26.3 Å². The average Bonchev–Trinajstić information content (AvgIpc) is 2.36. The number of methoxy groups -OCH3 is 1. The van der Waals surface area contributed by atoms with Crippen LogP contribution in [0.1, 0.15) is 38.7 Å². The summed E-state index contributed by atoms with van der Waals surface area (Å²) in [6, 6.07) is 6.92. The van der Waals surface area contributed by atoms with Crippen LogP contribution in [-0.2, 0) is 6.42 Å². The lowest BCUT2D eigenvalue weighted by Gasteiger charge is -2.18. The van der Waals surface area contributed by atoms with Gasteiger partial charge in [0.1, 0.15) is 5.75 Å². The van der Waals surface area contributed by atoms with Gasteiger partial charge in [0.2, 0.25) is 0 Å². The predicted octanol–water partition coefficient (Wildman–Crippen LogP) is 4.17. The molecule has 0 saturated carbocycles. The van der Waals surface area contributed by atoms with E-state index in [1.807, 2.05) is 6.07 Å². The van der Waals surface area contributed by atoms with Crippen LogP contribution in [0.15, 0.2) is 22.7 Å². The topological polar surface area (TPSA) is 21.3 Å². The van der Waals surface area contributed by atoms with Crippen molar-refractivity contribution in [2.75, 3.05) is 13.7 Å². The Bertz CT molecular complexity index is 354. The van der Waals surface area contributed by atoms with E-state index in [-0.39, 0.29) is 0 Å². The summed E-state index contributed by atoms with van der Waals surface area (Å²) in [7, 11) is 1.70. The highest BCUT2D eigenvalue weighted by atomic mass is 79.9. The standard InChI is InChI=1S/C15H24BrNO/c1-4-6-13(17-9-5-2)10-12-7-8-15(18-3)14(16)11-12/h7-8,11,13,17H,4-6,9-10H2,1-3H3. The zero-order chi connectivity index (χ0) is 13.4. The quantitative estimate of drug-likeness (QED) is 0.777. The zero-order valence-electron chi connectivity index (χ0n) is 11.6. The first-order valence-electron chi connectivity index (χ1n) is 6.77. The van der Waals surface area contributed by atoms with Gasteiger partial charge in [0.05, 0.1) is 11.6 Å². The molecular formula is C15H24BrNO. The predicted molar refractivity (Wildman–Crippen MR) is 81.4 cm³/mol. The Morgan fingerprint density at radius 1 is 1.28 bits per heavy atom. The number of rotatable bonds is 8. The van der Waals surface area contributed by atoms with E-state index in [9.17, 15) is 0 Å². The van der Waals surface area contributed by atoms with E-state index in [0.717, 1.165) is 23.2 Å². The maximum absolute atomic E-state index is 5.25. The van der Waals surface area contributed by atoms with Crippen molar-refractivity contribution in [1.29, 1.82) is 0 Å². The van der Waals surface area contributed by atoms with Crippen molar-refractivity contribution in [3.63, 3.8) is 0 Å². The number of benzene rings is 1. The van der Waals surface area contributed by atoms with Crippen molar-refractivity contribution in [2.24, 2.45) is 0 Å². The van der Waals surface area contributed by atoms with Crippen LogP contribution in [0.4, 0.5) is 0 Å². The van der Waals surface area contributed by atoms with Crippen LogP contribution >= 0.6 is 15.9 Å². The highest BCUT2D eigenvalue weighted by molar-refractivity contribution is 9.10. The minimum absolute atomic E-state index is 0.579. The molecule has 2 nitrogen and oxygen atoms in total. The van der Waals surface area contributed by atoms with E-state index in [1.54, 1.807) is 7.11 Å². The Hall–Kier alpha value is -0.540. The Labute approximate surface area is 119 Å². The van der Waals surface area contributed by atoms with Gasteiger partial charge in [-0.25, -0.2) is 0 Å². The molecule has 0 aliphatic rings. The van der Waals surface area contributed by atoms with E-state index >= 15 is 0 Å². The lowest BCUT2D eigenvalue weighted by atomic mass is 10.0. The number of hydrogen-bond acceptors (Lipinski definition) is 2. The van der Waals surface area contributed by atoms with E-state index in [2.05, 4.69) is 47.2 Å². The van der Waals surface area contributed by atoms with E-state index < -0.39 is 0 Å². The second kappa shape index (κ2) is 8.54. The third kappa shape index (κ3) is 4.99. The summed E-state index contributed by atoms with van der Waals surface area (Å²) in [4.78, 5) is 0. The molecule has 0 fully saturated rings. The summed E-state index contributed by atoms with van der Waals surface area (Å²) in [5, 5.41) is 3.62. The van der Waals surface area contributed by atoms with Crippen LogP contribution in [0.2, 0.25) is 0 Å². The Balaban J connectivity index is 2.64. The monoisotopic (exact) mass is 313 g/mol. The van der Waals surface area contributed by atoms with Crippen LogP contribution in [0.3, 0.4) is 0 Å². The van der Waals surface area contributed by atoms with Crippen molar-refractivity contribution >= 4 is 15.9 Å². The Kier molecular flexibility index (Phi) is 7.36. The summed E-state index contributed by atoms with van der Waals surface area (Å²) in [5.74, 6) is 0.896. The molecule has 1 aromatic rings. The van der Waals surface area contributed by atoms with Crippen molar-refractivity contribution < 1.29 is 4.74 Å². The van der Waals surface area contributed by atoms with Gasteiger partial charge in [-0.15, -0.1) is 0 Å². The van der Waals surface area contributed by atoms with Gasteiger partial charge in [-0.05, 0) is 59.4 Å².